The quantitative estimate of drug-likeness (QED) is 0.720. The predicted molar refractivity (Wildman–Crippen MR) is 80.4 cm³/mol. The lowest BCUT2D eigenvalue weighted by Gasteiger charge is -2.20. The van der Waals surface area contributed by atoms with E-state index in [2.05, 4.69) is 27.3 Å². The second-order valence-corrected chi connectivity index (χ2v) is 7.24. The summed E-state index contributed by atoms with van der Waals surface area (Å²) in [5, 5.41) is 9.10. The fourth-order valence-electron chi connectivity index (χ4n) is 1.49. The van der Waals surface area contributed by atoms with Crippen molar-refractivity contribution in [1.82, 2.24) is 4.72 Å². The summed E-state index contributed by atoms with van der Waals surface area (Å²) < 4.78 is 27.4. The molecule has 0 bridgehead atoms. The molecule has 0 saturated heterocycles. The smallest absolute Gasteiger partial charge is 0.322 e. The average molecular weight is 397 g/mol. The third-order valence-corrected chi connectivity index (χ3v) is 5.06. The molecule has 0 aliphatic carbocycles. The summed E-state index contributed by atoms with van der Waals surface area (Å²) in [7, 11) is -3.81. The third kappa shape index (κ3) is 4.43. The van der Waals surface area contributed by atoms with Crippen LogP contribution in [0.4, 0.5) is 0 Å². The molecule has 0 fully saturated rings. The SMILES string of the molecule is CCC(C)[C@H](NS(=O)(=O)c1ccc(I)cc1)C(=O)O. The van der Waals surface area contributed by atoms with Crippen LogP contribution in [0, 0.1) is 9.49 Å². The molecule has 1 aromatic carbocycles. The average Bonchev–Trinajstić information content (AvgIpc) is 2.35. The van der Waals surface area contributed by atoms with Gasteiger partial charge in [0.15, 0.2) is 0 Å². The lowest BCUT2D eigenvalue weighted by Crippen LogP contribution is -2.44. The number of carboxylic acid groups (broad SMARTS) is 1. The standard InChI is InChI=1S/C12H16INO4S/c1-3-8(2)11(12(15)16)14-19(17,18)10-6-4-9(13)5-7-10/h4-8,11,14H,3H2,1-2H3,(H,15,16)/t8?,11-/m0/s1. The highest BCUT2D eigenvalue weighted by atomic mass is 127. The minimum absolute atomic E-state index is 0.0717. The molecule has 2 N–H and O–H groups in total. The highest BCUT2D eigenvalue weighted by Crippen LogP contribution is 2.15. The molecule has 0 aliphatic rings. The van der Waals surface area contributed by atoms with Gasteiger partial charge in [-0.15, -0.1) is 0 Å². The zero-order chi connectivity index (χ0) is 14.6. The van der Waals surface area contributed by atoms with Crippen molar-refractivity contribution in [2.45, 2.75) is 31.2 Å². The van der Waals surface area contributed by atoms with Gasteiger partial charge in [-0.05, 0) is 52.8 Å². The fraction of sp³-hybridized carbons (Fsp3) is 0.417. The maximum absolute atomic E-state index is 12.1. The molecule has 0 amide bonds. The molecule has 0 radical (unpaired) electrons. The van der Waals surface area contributed by atoms with Crippen molar-refractivity contribution >= 4 is 38.6 Å². The maximum Gasteiger partial charge on any atom is 0.322 e. The first-order valence-electron chi connectivity index (χ1n) is 5.78. The number of carboxylic acids is 1. The van der Waals surface area contributed by atoms with E-state index >= 15 is 0 Å². The molecule has 7 heteroatoms. The van der Waals surface area contributed by atoms with Gasteiger partial charge >= 0.3 is 5.97 Å². The van der Waals surface area contributed by atoms with Gasteiger partial charge in [0.05, 0.1) is 4.90 Å². The molecule has 106 valence electrons. The van der Waals surface area contributed by atoms with Gasteiger partial charge in [0, 0.05) is 3.57 Å². The van der Waals surface area contributed by atoms with Crippen molar-refractivity contribution < 1.29 is 18.3 Å². The Morgan fingerprint density at radius 3 is 2.32 bits per heavy atom. The third-order valence-electron chi connectivity index (χ3n) is 2.89. The van der Waals surface area contributed by atoms with Gasteiger partial charge in [-0.1, -0.05) is 20.3 Å². The Labute approximate surface area is 126 Å². The van der Waals surface area contributed by atoms with Crippen molar-refractivity contribution in [3.63, 3.8) is 0 Å². The summed E-state index contributed by atoms with van der Waals surface area (Å²) >= 11 is 2.07. The fourth-order valence-corrected chi connectivity index (χ4v) is 3.15. The van der Waals surface area contributed by atoms with E-state index < -0.39 is 22.0 Å². The van der Waals surface area contributed by atoms with E-state index in [4.69, 9.17) is 5.11 Å². The maximum atomic E-state index is 12.1. The Kier molecular flexibility index (Phi) is 5.75. The molecular weight excluding hydrogens is 381 g/mol. The van der Waals surface area contributed by atoms with Crippen LogP contribution in [0.1, 0.15) is 20.3 Å². The summed E-state index contributed by atoms with van der Waals surface area (Å²) in [5.41, 5.74) is 0. The number of rotatable bonds is 6. The van der Waals surface area contributed by atoms with Crippen LogP contribution in [0.25, 0.3) is 0 Å². The van der Waals surface area contributed by atoms with Gasteiger partial charge in [-0.2, -0.15) is 4.72 Å². The topological polar surface area (TPSA) is 83.5 Å². The van der Waals surface area contributed by atoms with E-state index in [-0.39, 0.29) is 10.8 Å². The van der Waals surface area contributed by atoms with Gasteiger partial charge in [0.25, 0.3) is 0 Å². The first-order chi connectivity index (χ1) is 8.77. The molecule has 0 aromatic heterocycles. The molecule has 1 rings (SSSR count). The number of hydrogen-bond donors (Lipinski definition) is 2. The summed E-state index contributed by atoms with van der Waals surface area (Å²) in [6.07, 6.45) is 0.576. The Balaban J connectivity index is 3.00. The Morgan fingerprint density at radius 1 is 1.37 bits per heavy atom. The molecule has 2 atom stereocenters. The number of nitrogens with one attached hydrogen (secondary N) is 1. The van der Waals surface area contributed by atoms with E-state index in [1.807, 2.05) is 6.92 Å². The van der Waals surface area contributed by atoms with Crippen LogP contribution in [0.2, 0.25) is 0 Å². The lowest BCUT2D eigenvalue weighted by molar-refractivity contribution is -0.140. The van der Waals surface area contributed by atoms with E-state index in [9.17, 15) is 13.2 Å². The largest absolute Gasteiger partial charge is 0.480 e. The number of aliphatic carboxylic acids is 1. The van der Waals surface area contributed by atoms with Gasteiger partial charge in [0.1, 0.15) is 6.04 Å². The van der Waals surface area contributed by atoms with Gasteiger partial charge < -0.3 is 5.11 Å². The molecule has 0 saturated carbocycles. The van der Waals surface area contributed by atoms with Crippen LogP contribution in [0.5, 0.6) is 0 Å². The summed E-state index contributed by atoms with van der Waals surface area (Å²) in [5.74, 6) is -1.44. The minimum Gasteiger partial charge on any atom is -0.480 e. The molecule has 1 unspecified atom stereocenters. The molecular formula is C12H16INO4S. The predicted octanol–water partition coefficient (Wildman–Crippen LogP) is 2.07. The minimum atomic E-state index is -3.81. The number of carbonyl (C=O) groups is 1. The summed E-state index contributed by atoms with van der Waals surface area (Å²) in [6.45, 7) is 3.52. The van der Waals surface area contributed by atoms with Crippen LogP contribution < -0.4 is 4.72 Å². The second kappa shape index (κ2) is 6.67. The van der Waals surface area contributed by atoms with Crippen LogP contribution >= 0.6 is 22.6 Å². The van der Waals surface area contributed by atoms with E-state index in [0.717, 1.165) is 3.57 Å². The van der Waals surface area contributed by atoms with Crippen molar-refractivity contribution in [3.05, 3.63) is 27.8 Å². The van der Waals surface area contributed by atoms with Crippen molar-refractivity contribution in [2.24, 2.45) is 5.92 Å². The molecule has 0 spiro atoms. The molecule has 1 aromatic rings. The molecule has 0 aliphatic heterocycles. The van der Waals surface area contributed by atoms with Crippen LogP contribution in [0.3, 0.4) is 0 Å². The lowest BCUT2D eigenvalue weighted by atomic mass is 10.0. The zero-order valence-corrected chi connectivity index (χ0v) is 13.6. The van der Waals surface area contributed by atoms with Crippen molar-refractivity contribution in [1.29, 1.82) is 0 Å². The van der Waals surface area contributed by atoms with Crippen molar-refractivity contribution in [3.8, 4) is 0 Å². The molecule has 0 heterocycles. The van der Waals surface area contributed by atoms with Crippen LogP contribution in [-0.2, 0) is 14.8 Å². The van der Waals surface area contributed by atoms with Crippen LogP contribution in [-0.4, -0.2) is 25.5 Å². The Morgan fingerprint density at radius 2 is 1.89 bits per heavy atom. The first kappa shape index (κ1) is 16.4. The van der Waals surface area contributed by atoms with Gasteiger partial charge in [-0.25, -0.2) is 8.42 Å². The molecule has 19 heavy (non-hydrogen) atoms. The van der Waals surface area contributed by atoms with E-state index in [0.29, 0.717) is 6.42 Å². The highest BCUT2D eigenvalue weighted by Gasteiger charge is 2.29. The zero-order valence-electron chi connectivity index (χ0n) is 10.6. The number of benzene rings is 1. The second-order valence-electron chi connectivity index (χ2n) is 4.28. The molecule has 5 nitrogen and oxygen atoms in total. The summed E-state index contributed by atoms with van der Waals surface area (Å²) in [6, 6.07) is 5.12. The monoisotopic (exact) mass is 397 g/mol. The van der Waals surface area contributed by atoms with Gasteiger partial charge in [0.2, 0.25) is 10.0 Å². The van der Waals surface area contributed by atoms with Crippen LogP contribution in [0.15, 0.2) is 29.2 Å². The Hall–Kier alpha value is -0.670. The number of sulfonamides is 1. The summed E-state index contributed by atoms with van der Waals surface area (Å²) in [4.78, 5) is 11.2. The normalized spacial score (nSPS) is 14.9. The van der Waals surface area contributed by atoms with E-state index in [1.54, 1.807) is 19.1 Å². The first-order valence-corrected chi connectivity index (χ1v) is 8.34. The van der Waals surface area contributed by atoms with Crippen molar-refractivity contribution in [2.75, 3.05) is 0 Å². The number of halogens is 1. The number of hydrogen-bond acceptors (Lipinski definition) is 3. The Bertz CT molecular complexity index is 541. The highest BCUT2D eigenvalue weighted by molar-refractivity contribution is 14.1. The van der Waals surface area contributed by atoms with Gasteiger partial charge in [-0.3, -0.25) is 4.79 Å². The van der Waals surface area contributed by atoms with E-state index in [1.165, 1.54) is 12.1 Å².